The fourth-order valence-corrected chi connectivity index (χ4v) is 5.24. The highest BCUT2D eigenvalue weighted by Gasteiger charge is 2.39. The molecule has 1 fully saturated rings. The molecule has 156 valence electrons. The maximum Gasteiger partial charge on any atom is 0.267 e. The Labute approximate surface area is 181 Å². The van der Waals surface area contributed by atoms with E-state index in [1.54, 1.807) is 0 Å². The maximum atomic E-state index is 13.1. The molecule has 0 aromatic heterocycles. The van der Waals surface area contributed by atoms with Gasteiger partial charge in [-0.2, -0.15) is 0 Å². The highest BCUT2D eigenvalue weighted by Crippen LogP contribution is 2.41. The topological polar surface area (TPSA) is 43.2 Å². The van der Waals surface area contributed by atoms with Gasteiger partial charge in [-0.15, -0.1) is 0 Å². The second kappa shape index (κ2) is 7.43. The standard InChI is InChI=1S/C26H24N2O3/c29-26(24-17-30-22-11-5-6-12-23(22)31-24)28-15-13-27(14-16-28)25-20-9-3-1-7-18(20)19-8-2-4-10-21(19)25/h1-12,24-25H,13-17H2/p+1/t24-/m0/s1. The lowest BCUT2D eigenvalue weighted by Gasteiger charge is -2.37. The summed E-state index contributed by atoms with van der Waals surface area (Å²) in [6.07, 6.45) is -0.565. The van der Waals surface area contributed by atoms with Gasteiger partial charge in [0.05, 0.1) is 26.2 Å². The summed E-state index contributed by atoms with van der Waals surface area (Å²) >= 11 is 0. The van der Waals surface area contributed by atoms with Crippen LogP contribution in [0.25, 0.3) is 11.1 Å². The molecule has 1 amide bonds. The van der Waals surface area contributed by atoms with E-state index in [0.717, 1.165) is 26.2 Å². The van der Waals surface area contributed by atoms with Crippen LogP contribution in [0.3, 0.4) is 0 Å². The number of carbonyl (C=O) groups excluding carboxylic acids is 1. The van der Waals surface area contributed by atoms with Crippen molar-refractivity contribution in [2.45, 2.75) is 12.1 Å². The van der Waals surface area contributed by atoms with Crippen LogP contribution in [-0.4, -0.2) is 49.7 Å². The van der Waals surface area contributed by atoms with Gasteiger partial charge in [0, 0.05) is 11.1 Å². The molecule has 31 heavy (non-hydrogen) atoms. The highest BCUT2D eigenvalue weighted by atomic mass is 16.6. The number of ether oxygens (including phenoxy) is 2. The van der Waals surface area contributed by atoms with Gasteiger partial charge in [-0.05, 0) is 23.3 Å². The fourth-order valence-electron chi connectivity index (χ4n) is 5.24. The van der Waals surface area contributed by atoms with Crippen molar-refractivity contribution in [2.75, 3.05) is 32.8 Å². The summed E-state index contributed by atoms with van der Waals surface area (Å²) in [4.78, 5) is 16.6. The number of benzene rings is 3. The second-order valence-corrected chi connectivity index (χ2v) is 8.46. The Morgan fingerprint density at radius 3 is 2.06 bits per heavy atom. The third-order valence-corrected chi connectivity index (χ3v) is 6.74. The SMILES string of the molecule is O=C([C@@H]1COc2ccccc2O1)N1CC[NH+](C2c3ccccc3-c3ccccc32)CC1. The molecule has 1 atom stereocenters. The molecule has 0 unspecified atom stereocenters. The second-order valence-electron chi connectivity index (χ2n) is 8.46. The number of hydrogen-bond acceptors (Lipinski definition) is 3. The zero-order chi connectivity index (χ0) is 20.8. The monoisotopic (exact) mass is 413 g/mol. The summed E-state index contributed by atoms with van der Waals surface area (Å²) in [7, 11) is 0. The van der Waals surface area contributed by atoms with E-state index >= 15 is 0 Å². The van der Waals surface area contributed by atoms with E-state index in [1.807, 2.05) is 29.2 Å². The smallest absolute Gasteiger partial charge is 0.267 e. The van der Waals surface area contributed by atoms with E-state index in [4.69, 9.17) is 9.47 Å². The highest BCUT2D eigenvalue weighted by molar-refractivity contribution is 5.82. The first-order valence-electron chi connectivity index (χ1n) is 11.0. The molecule has 2 aliphatic heterocycles. The summed E-state index contributed by atoms with van der Waals surface area (Å²) in [6.45, 7) is 3.58. The van der Waals surface area contributed by atoms with E-state index in [1.165, 1.54) is 27.2 Å². The number of carbonyl (C=O) groups is 1. The summed E-state index contributed by atoms with van der Waals surface area (Å²) in [5, 5.41) is 0. The van der Waals surface area contributed by atoms with Crippen LogP contribution < -0.4 is 14.4 Å². The summed E-state index contributed by atoms with van der Waals surface area (Å²) in [6, 6.07) is 25.3. The van der Waals surface area contributed by atoms with Crippen LogP contribution in [0.1, 0.15) is 17.2 Å². The summed E-state index contributed by atoms with van der Waals surface area (Å²) in [5.41, 5.74) is 5.50. The minimum atomic E-state index is -0.565. The lowest BCUT2D eigenvalue weighted by atomic mass is 10.0. The molecule has 0 spiro atoms. The molecule has 0 saturated carbocycles. The molecule has 6 rings (SSSR count). The summed E-state index contributed by atoms with van der Waals surface area (Å²) < 4.78 is 11.7. The number of amides is 1. The first kappa shape index (κ1) is 18.5. The van der Waals surface area contributed by atoms with Crippen LogP contribution in [0.2, 0.25) is 0 Å². The zero-order valence-corrected chi connectivity index (χ0v) is 17.3. The van der Waals surface area contributed by atoms with Gasteiger partial charge >= 0.3 is 0 Å². The predicted molar refractivity (Wildman–Crippen MR) is 117 cm³/mol. The first-order chi connectivity index (χ1) is 15.3. The van der Waals surface area contributed by atoms with Gasteiger partial charge in [0.15, 0.2) is 11.5 Å². The van der Waals surface area contributed by atoms with Crippen molar-refractivity contribution < 1.29 is 19.2 Å². The molecule has 0 bridgehead atoms. The lowest BCUT2D eigenvalue weighted by Crippen LogP contribution is -3.15. The average Bonchev–Trinajstić information content (AvgIpc) is 3.18. The van der Waals surface area contributed by atoms with Gasteiger partial charge in [-0.1, -0.05) is 60.7 Å². The van der Waals surface area contributed by atoms with Crippen LogP contribution in [-0.2, 0) is 4.79 Å². The van der Waals surface area contributed by atoms with Crippen LogP contribution in [0.5, 0.6) is 11.5 Å². The van der Waals surface area contributed by atoms with Crippen molar-refractivity contribution in [3.8, 4) is 22.6 Å². The van der Waals surface area contributed by atoms with E-state index < -0.39 is 6.10 Å². The van der Waals surface area contributed by atoms with Gasteiger partial charge in [0.1, 0.15) is 12.6 Å². The number of hydrogen-bond donors (Lipinski definition) is 1. The van der Waals surface area contributed by atoms with Gasteiger partial charge in [-0.25, -0.2) is 0 Å². The van der Waals surface area contributed by atoms with Crippen LogP contribution in [0, 0.1) is 0 Å². The van der Waals surface area contributed by atoms with Crippen molar-refractivity contribution in [3.05, 3.63) is 83.9 Å². The minimum absolute atomic E-state index is 0.0285. The van der Waals surface area contributed by atoms with Crippen molar-refractivity contribution in [1.82, 2.24) is 4.90 Å². The van der Waals surface area contributed by atoms with Gasteiger partial charge in [0.2, 0.25) is 6.10 Å². The lowest BCUT2D eigenvalue weighted by molar-refractivity contribution is -0.929. The molecular weight excluding hydrogens is 388 g/mol. The van der Waals surface area contributed by atoms with E-state index in [9.17, 15) is 4.79 Å². The van der Waals surface area contributed by atoms with E-state index in [0.29, 0.717) is 17.5 Å². The molecule has 3 aromatic rings. The predicted octanol–water partition coefficient (Wildman–Crippen LogP) is 2.32. The van der Waals surface area contributed by atoms with Gasteiger partial charge in [-0.3, -0.25) is 4.79 Å². The molecule has 2 heterocycles. The number of nitrogens with one attached hydrogen (secondary N) is 1. The van der Waals surface area contributed by atoms with Crippen molar-refractivity contribution in [3.63, 3.8) is 0 Å². The molecule has 3 aliphatic rings. The van der Waals surface area contributed by atoms with Crippen molar-refractivity contribution in [1.29, 1.82) is 0 Å². The quantitative estimate of drug-likeness (QED) is 0.701. The molecule has 3 aromatic carbocycles. The Morgan fingerprint density at radius 2 is 1.39 bits per heavy atom. The average molecular weight is 413 g/mol. The Bertz CT molecular complexity index is 1090. The normalized spacial score (nSPS) is 20.3. The Balaban J connectivity index is 1.17. The van der Waals surface area contributed by atoms with Crippen LogP contribution in [0.15, 0.2) is 72.8 Å². The molecule has 1 saturated heterocycles. The molecule has 5 nitrogen and oxygen atoms in total. The largest absolute Gasteiger partial charge is 0.485 e. The van der Waals surface area contributed by atoms with Gasteiger partial charge in [0.25, 0.3) is 5.91 Å². The minimum Gasteiger partial charge on any atom is -0.485 e. The molecule has 5 heteroatoms. The summed E-state index contributed by atoms with van der Waals surface area (Å²) in [5.74, 6) is 1.38. The molecular formula is C26H25N2O3+. The van der Waals surface area contributed by atoms with Crippen LogP contribution >= 0.6 is 0 Å². The fraction of sp³-hybridized carbons (Fsp3) is 0.269. The molecule has 1 N–H and O–H groups in total. The number of para-hydroxylation sites is 2. The Hall–Kier alpha value is -3.31. The third-order valence-electron chi connectivity index (χ3n) is 6.74. The molecule has 0 radical (unpaired) electrons. The van der Waals surface area contributed by atoms with Gasteiger partial charge < -0.3 is 19.3 Å². The Morgan fingerprint density at radius 1 is 0.806 bits per heavy atom. The number of quaternary nitrogens is 1. The zero-order valence-electron chi connectivity index (χ0n) is 17.3. The number of piperazine rings is 1. The van der Waals surface area contributed by atoms with E-state index in [2.05, 4.69) is 48.5 Å². The molecule has 1 aliphatic carbocycles. The number of fused-ring (bicyclic) bond motifs is 4. The van der Waals surface area contributed by atoms with E-state index in [-0.39, 0.29) is 12.5 Å². The number of nitrogens with zero attached hydrogens (tertiary/aromatic N) is 1. The van der Waals surface area contributed by atoms with Crippen LogP contribution in [0.4, 0.5) is 0 Å². The third kappa shape index (κ3) is 3.08. The number of rotatable bonds is 2. The first-order valence-corrected chi connectivity index (χ1v) is 11.0. The maximum absolute atomic E-state index is 13.1. The van der Waals surface area contributed by atoms with Crippen molar-refractivity contribution >= 4 is 5.91 Å². The Kier molecular flexibility index (Phi) is 4.42. The van der Waals surface area contributed by atoms with Crippen molar-refractivity contribution in [2.24, 2.45) is 0 Å².